The van der Waals surface area contributed by atoms with Crippen molar-refractivity contribution in [1.82, 2.24) is 0 Å². The van der Waals surface area contributed by atoms with E-state index in [0.717, 1.165) is 38.8 Å². The van der Waals surface area contributed by atoms with Crippen LogP contribution < -0.4 is 4.90 Å². The van der Waals surface area contributed by atoms with Crippen molar-refractivity contribution in [3.05, 3.63) is 96.6 Å². The first-order valence-electron chi connectivity index (χ1n) is 10.5. The van der Waals surface area contributed by atoms with Gasteiger partial charge in [0, 0.05) is 34.8 Å². The fourth-order valence-electron chi connectivity index (χ4n) is 4.07. The van der Waals surface area contributed by atoms with Crippen LogP contribution in [0.3, 0.4) is 0 Å². The van der Waals surface area contributed by atoms with Gasteiger partial charge in [0.25, 0.3) is 0 Å². The van der Waals surface area contributed by atoms with Gasteiger partial charge in [-0.1, -0.05) is 74.5 Å². The molecular formula is C28H25NO. The van der Waals surface area contributed by atoms with Gasteiger partial charge in [0.2, 0.25) is 0 Å². The van der Waals surface area contributed by atoms with Gasteiger partial charge >= 0.3 is 0 Å². The molecule has 4 aromatic carbocycles. The average Bonchev–Trinajstić information content (AvgIpc) is 3.18. The molecular weight excluding hydrogens is 366 g/mol. The molecule has 30 heavy (non-hydrogen) atoms. The lowest BCUT2D eigenvalue weighted by atomic mass is 10.0. The highest BCUT2D eigenvalue weighted by molar-refractivity contribution is 6.09. The second-order valence-electron chi connectivity index (χ2n) is 8.13. The van der Waals surface area contributed by atoms with Crippen LogP contribution in [0.5, 0.6) is 0 Å². The van der Waals surface area contributed by atoms with E-state index in [9.17, 15) is 0 Å². The van der Waals surface area contributed by atoms with Crippen LogP contribution >= 0.6 is 0 Å². The summed E-state index contributed by atoms with van der Waals surface area (Å²) in [5, 5.41) is 2.32. The molecule has 2 nitrogen and oxygen atoms in total. The third kappa shape index (κ3) is 3.15. The molecule has 0 radical (unpaired) electrons. The van der Waals surface area contributed by atoms with Crippen molar-refractivity contribution in [1.29, 1.82) is 0 Å². The van der Waals surface area contributed by atoms with Crippen LogP contribution in [0.25, 0.3) is 33.1 Å². The molecule has 0 aliphatic carbocycles. The molecule has 5 aromatic rings. The summed E-state index contributed by atoms with van der Waals surface area (Å²) in [5.74, 6) is 0.546. The Kier molecular flexibility index (Phi) is 4.55. The van der Waals surface area contributed by atoms with Gasteiger partial charge in [0.05, 0.1) is 0 Å². The third-order valence-electron chi connectivity index (χ3n) is 5.92. The number of hydrogen-bond acceptors (Lipinski definition) is 2. The fourth-order valence-corrected chi connectivity index (χ4v) is 4.07. The number of fused-ring (bicyclic) bond motifs is 3. The number of rotatable bonds is 4. The molecule has 5 rings (SSSR count). The zero-order chi connectivity index (χ0) is 20.7. The summed E-state index contributed by atoms with van der Waals surface area (Å²) in [7, 11) is 2.11. The number of furan rings is 1. The van der Waals surface area contributed by atoms with E-state index in [-0.39, 0.29) is 0 Å². The first-order chi connectivity index (χ1) is 14.6. The Morgan fingerprint density at radius 1 is 0.667 bits per heavy atom. The molecule has 0 N–H and O–H groups in total. The number of para-hydroxylation sites is 2. The van der Waals surface area contributed by atoms with Crippen molar-refractivity contribution in [3.8, 4) is 11.1 Å². The lowest BCUT2D eigenvalue weighted by molar-refractivity contribution is 0.670. The number of anilines is 2. The van der Waals surface area contributed by atoms with Crippen molar-refractivity contribution in [2.24, 2.45) is 0 Å². The summed E-state index contributed by atoms with van der Waals surface area (Å²) in [5.41, 5.74) is 7.87. The first kappa shape index (κ1) is 18.5. The molecule has 0 bridgehead atoms. The summed E-state index contributed by atoms with van der Waals surface area (Å²) in [6.07, 6.45) is 0. The Morgan fingerprint density at radius 3 is 2.00 bits per heavy atom. The molecule has 0 spiro atoms. The topological polar surface area (TPSA) is 16.4 Å². The van der Waals surface area contributed by atoms with Crippen LogP contribution in [-0.4, -0.2) is 7.05 Å². The highest BCUT2D eigenvalue weighted by Gasteiger charge is 2.12. The van der Waals surface area contributed by atoms with Crippen molar-refractivity contribution >= 4 is 33.3 Å². The normalized spacial score (nSPS) is 11.5. The van der Waals surface area contributed by atoms with Gasteiger partial charge in [-0.15, -0.1) is 0 Å². The van der Waals surface area contributed by atoms with E-state index >= 15 is 0 Å². The fraction of sp³-hybridized carbons (Fsp3) is 0.143. The monoisotopic (exact) mass is 391 g/mol. The quantitative estimate of drug-likeness (QED) is 0.307. The second-order valence-corrected chi connectivity index (χ2v) is 8.13. The molecule has 2 heteroatoms. The van der Waals surface area contributed by atoms with Crippen LogP contribution in [0.2, 0.25) is 0 Å². The molecule has 0 aliphatic heterocycles. The van der Waals surface area contributed by atoms with Crippen molar-refractivity contribution < 1.29 is 4.42 Å². The van der Waals surface area contributed by atoms with Gasteiger partial charge in [-0.2, -0.15) is 0 Å². The number of benzene rings is 4. The maximum absolute atomic E-state index is 6.21. The minimum Gasteiger partial charge on any atom is -0.455 e. The van der Waals surface area contributed by atoms with Crippen molar-refractivity contribution in [2.75, 3.05) is 11.9 Å². The molecule has 0 aliphatic rings. The molecule has 148 valence electrons. The summed E-state index contributed by atoms with van der Waals surface area (Å²) < 4.78 is 6.21. The predicted octanol–water partition coefficient (Wildman–Crippen LogP) is 8.14. The summed E-state index contributed by atoms with van der Waals surface area (Å²) >= 11 is 0. The first-order valence-corrected chi connectivity index (χ1v) is 10.5. The van der Waals surface area contributed by atoms with E-state index < -0.39 is 0 Å². The molecule has 0 amide bonds. The highest BCUT2D eigenvalue weighted by Crippen LogP contribution is 2.36. The summed E-state index contributed by atoms with van der Waals surface area (Å²) in [6, 6.07) is 32.1. The average molecular weight is 392 g/mol. The van der Waals surface area contributed by atoms with Crippen LogP contribution in [0.1, 0.15) is 25.3 Å². The lowest BCUT2D eigenvalue weighted by Gasteiger charge is -2.20. The lowest BCUT2D eigenvalue weighted by Crippen LogP contribution is -2.09. The van der Waals surface area contributed by atoms with E-state index in [1.54, 1.807) is 0 Å². The van der Waals surface area contributed by atoms with Gasteiger partial charge < -0.3 is 9.32 Å². The highest BCUT2D eigenvalue weighted by atomic mass is 16.3. The third-order valence-corrected chi connectivity index (χ3v) is 5.92. The van der Waals surface area contributed by atoms with E-state index in [0.29, 0.717) is 5.92 Å². The number of nitrogens with zero attached hydrogens (tertiary/aromatic N) is 1. The molecule has 0 fully saturated rings. The van der Waals surface area contributed by atoms with Gasteiger partial charge in [-0.3, -0.25) is 0 Å². The minimum atomic E-state index is 0.546. The number of hydrogen-bond donors (Lipinski definition) is 0. The van der Waals surface area contributed by atoms with Crippen molar-refractivity contribution in [2.45, 2.75) is 19.8 Å². The largest absolute Gasteiger partial charge is 0.455 e. The van der Waals surface area contributed by atoms with Crippen LogP contribution in [0.4, 0.5) is 11.4 Å². The van der Waals surface area contributed by atoms with Gasteiger partial charge in [0.1, 0.15) is 11.2 Å². The van der Waals surface area contributed by atoms with Gasteiger partial charge in [-0.05, 0) is 47.4 Å². The zero-order valence-electron chi connectivity index (χ0n) is 17.6. The Balaban J connectivity index is 1.49. The van der Waals surface area contributed by atoms with E-state index in [1.165, 1.54) is 11.3 Å². The molecule has 0 saturated carbocycles. The molecule has 1 heterocycles. The minimum absolute atomic E-state index is 0.546. The van der Waals surface area contributed by atoms with Crippen LogP contribution in [0, 0.1) is 0 Å². The molecule has 1 aromatic heterocycles. The van der Waals surface area contributed by atoms with Crippen LogP contribution in [0.15, 0.2) is 95.4 Å². The van der Waals surface area contributed by atoms with Crippen LogP contribution in [-0.2, 0) is 0 Å². The van der Waals surface area contributed by atoms with E-state index in [2.05, 4.69) is 105 Å². The summed E-state index contributed by atoms with van der Waals surface area (Å²) in [4.78, 5) is 2.22. The maximum Gasteiger partial charge on any atom is 0.143 e. The smallest absolute Gasteiger partial charge is 0.143 e. The summed E-state index contributed by atoms with van der Waals surface area (Å²) in [6.45, 7) is 4.44. The Morgan fingerprint density at radius 2 is 1.30 bits per heavy atom. The van der Waals surface area contributed by atoms with Gasteiger partial charge in [-0.25, -0.2) is 0 Å². The Bertz CT molecular complexity index is 1310. The second kappa shape index (κ2) is 7.38. The standard InChI is InChI=1S/C28H25NO/c1-19(2)20-11-15-22(16-12-20)29(3)23-17-13-21(14-18-23)24-8-6-9-26-25-7-4-5-10-27(25)30-28(24)26/h4-19H,1-3H3. The molecule has 0 atom stereocenters. The van der Waals surface area contributed by atoms with E-state index in [1.807, 2.05) is 12.1 Å². The van der Waals surface area contributed by atoms with E-state index in [4.69, 9.17) is 4.42 Å². The Hall–Kier alpha value is -3.52. The zero-order valence-corrected chi connectivity index (χ0v) is 17.6. The van der Waals surface area contributed by atoms with Crippen molar-refractivity contribution in [3.63, 3.8) is 0 Å². The molecule has 0 unspecified atom stereocenters. The van der Waals surface area contributed by atoms with Gasteiger partial charge in [0.15, 0.2) is 0 Å². The maximum atomic E-state index is 6.21. The predicted molar refractivity (Wildman–Crippen MR) is 128 cm³/mol. The Labute approximate surface area is 177 Å². The molecule has 0 saturated heterocycles. The SMILES string of the molecule is CC(C)c1ccc(N(C)c2ccc(-c3cccc4c3oc3ccccc34)cc2)cc1.